The summed E-state index contributed by atoms with van der Waals surface area (Å²) in [7, 11) is 3.16. The van der Waals surface area contributed by atoms with E-state index in [1.54, 1.807) is 160 Å². The van der Waals surface area contributed by atoms with Crippen molar-refractivity contribution in [1.29, 1.82) is 0 Å². The first kappa shape index (κ1) is 105. The molecule has 5 fully saturated rings. The van der Waals surface area contributed by atoms with Crippen molar-refractivity contribution in [3.05, 3.63) is 287 Å². The van der Waals surface area contributed by atoms with E-state index >= 15 is 0 Å². The number of hydrogen-bond donors (Lipinski definition) is 4. The molecule has 0 amide bonds. The van der Waals surface area contributed by atoms with Crippen molar-refractivity contribution in [2.75, 3.05) is 27.4 Å². The van der Waals surface area contributed by atoms with E-state index in [0.717, 1.165) is 44.5 Å². The van der Waals surface area contributed by atoms with Gasteiger partial charge in [0.2, 0.25) is 0 Å². The zero-order valence-corrected chi connectivity index (χ0v) is 79.0. The van der Waals surface area contributed by atoms with E-state index in [-0.39, 0.29) is 145 Å². The highest BCUT2D eigenvalue weighted by molar-refractivity contribution is 5.82. The molecule has 0 heterocycles. The molecule has 5 saturated carbocycles. The number of para-hydroxylation sites is 2. The van der Waals surface area contributed by atoms with E-state index in [4.69, 9.17) is 77.3 Å². The molecule has 0 aliphatic heterocycles. The van der Waals surface area contributed by atoms with Crippen LogP contribution in [0.25, 0.3) is 0 Å². The van der Waals surface area contributed by atoms with Gasteiger partial charge in [-0.1, -0.05) is 109 Å². The minimum Gasteiger partial charge on any atom is -0.497 e. The number of aryl methyl sites for hydroxylation is 4. The van der Waals surface area contributed by atoms with Gasteiger partial charge < -0.3 is 77.3 Å². The zero-order valence-electron chi connectivity index (χ0n) is 79.0. The lowest BCUT2D eigenvalue weighted by atomic mass is 9.82. The van der Waals surface area contributed by atoms with Gasteiger partial charge in [-0.3, -0.25) is 47.9 Å². The van der Waals surface area contributed by atoms with Gasteiger partial charge >= 0.3 is 59.7 Å². The Kier molecular flexibility index (Phi) is 41.3. The molecule has 5 aliphatic rings. The van der Waals surface area contributed by atoms with Crippen molar-refractivity contribution >= 4 is 59.7 Å². The van der Waals surface area contributed by atoms with Crippen LogP contribution in [0.5, 0.6) is 69.0 Å². The molecule has 26 heteroatoms. The number of aliphatic hydroxyl groups excluding tert-OH is 4. The van der Waals surface area contributed by atoms with Crippen LogP contribution in [0.1, 0.15) is 173 Å². The Balaban J connectivity index is 0.000000165. The second-order valence-corrected chi connectivity index (χ2v) is 35.3. The molecule has 0 atom stereocenters. The first-order chi connectivity index (χ1) is 66.8. The van der Waals surface area contributed by atoms with Gasteiger partial charge in [-0.25, -0.2) is 0 Å². The summed E-state index contributed by atoms with van der Waals surface area (Å²) in [5.74, 6) is 2.30. The third kappa shape index (κ3) is 33.4. The van der Waals surface area contributed by atoms with E-state index in [0.29, 0.717) is 210 Å². The molecule has 26 nitrogen and oxygen atoms in total. The topological polar surface area (TPSA) is 362 Å². The molecule has 0 unspecified atom stereocenters. The second-order valence-electron chi connectivity index (χ2n) is 35.3. The van der Waals surface area contributed by atoms with Crippen LogP contribution < -0.4 is 56.8 Å². The molecule has 0 spiro atoms. The van der Waals surface area contributed by atoms with E-state index in [9.17, 15) is 47.9 Å². The van der Waals surface area contributed by atoms with Crippen molar-refractivity contribution in [2.24, 2.45) is 59.2 Å². The summed E-state index contributed by atoms with van der Waals surface area (Å²) in [5.41, 5.74) is 7.47. The number of benzene rings is 10. The SMILES string of the molecule is COc1ccc(OC(=O)C2CCC(C(=O)Oc3ccc(OC)cc3)CC2)cc1.Cc1cccc(OC(=O)C2CCC(C(=O)Oc3cccc(C)c3)CC2)c1.Cc1ccccc1OC(=O)C1CCC(C(=O)Oc2ccccc2C)CC1.O=C(Oc1ccc(CCO)cc1)C1CCC(C(=O)Oc2ccc(CCO)cc2)CC1.O=C(Oc1ccc(CO)cc1)C1CCC(C(=O)Oc2ccc(CO)cc2)CC1. The van der Waals surface area contributed by atoms with Crippen molar-refractivity contribution in [2.45, 2.75) is 182 Å². The van der Waals surface area contributed by atoms with E-state index in [1.165, 1.54) is 0 Å². The van der Waals surface area contributed by atoms with Crippen LogP contribution in [0.3, 0.4) is 0 Å². The van der Waals surface area contributed by atoms with Gasteiger partial charge in [-0.15, -0.1) is 0 Å². The van der Waals surface area contributed by atoms with Crippen LogP contribution in [0.15, 0.2) is 243 Å². The number of carbonyl (C=O) groups excluding carboxylic acids is 10. The average Bonchev–Trinajstić information content (AvgIpc) is 0.855. The summed E-state index contributed by atoms with van der Waals surface area (Å²) < 4.78 is 64.9. The molecule has 0 saturated heterocycles. The number of methoxy groups -OCH3 is 2. The van der Waals surface area contributed by atoms with Crippen LogP contribution >= 0.6 is 0 Å². The number of rotatable bonds is 28. The summed E-state index contributed by atoms with van der Waals surface area (Å²) in [4.78, 5) is 124. The number of carbonyl (C=O) groups is 10. The standard InChI is InChI=1S/C24H28O6.2C22H24O6.2C22H24O4/c25-15-13-17-1-9-21(10-2-17)29-23(27)19-5-7-20(8-6-19)24(28)30-22-11-3-18(4-12-22)14-16-26;23-13-15-1-9-19(10-2-15)27-21(25)17-5-7-18(8-6-17)22(26)28-20-11-3-16(14-24)4-12-20;1-25-17-7-11-19(12-8-17)27-21(23)15-3-5-16(6-4-15)22(24)28-20-13-9-18(26-2)10-14-20;1-15-5-3-7-19(13-15)25-21(23)17-9-11-18(12-10-17)22(24)26-20-8-4-6-16(2)14-20;1-15-7-3-5-9-19(15)25-21(23)17-11-13-18(14-12-17)22(24)26-20-10-6-4-8-16(20)2/h1-4,9-12,19-20,25-26H,5-8,13-16H2;1-4,9-12,17-18,23-24H,5-8,13-14H2;7-16H,3-6H2,1-2H3;3-8,13-14,17-18H,9-12H2,1-2H3;3-10,17-18H,11-14H2,1-2H3. The Hall–Kier alpha value is -13.7. The monoisotopic (exact) mass is 1880 g/mol. The van der Waals surface area contributed by atoms with Crippen LogP contribution in [-0.4, -0.2) is 108 Å². The number of esters is 10. The first-order valence-electron chi connectivity index (χ1n) is 47.3. The predicted octanol–water partition coefficient (Wildman–Crippen LogP) is 19.3. The van der Waals surface area contributed by atoms with Gasteiger partial charge in [0, 0.05) is 13.2 Å². The minimum atomic E-state index is -0.289. The highest BCUT2D eigenvalue weighted by Gasteiger charge is 2.38. The largest absolute Gasteiger partial charge is 0.497 e. The average molecular weight is 1890 g/mol. The lowest BCUT2D eigenvalue weighted by Crippen LogP contribution is -2.30. The molecule has 138 heavy (non-hydrogen) atoms. The lowest BCUT2D eigenvalue weighted by Gasteiger charge is -2.26. The molecule has 10 aromatic rings. The molecule has 0 aromatic heterocycles. The van der Waals surface area contributed by atoms with Gasteiger partial charge in [-0.2, -0.15) is 0 Å². The molecular weight excluding hydrogens is 1760 g/mol. The number of hydrogen-bond acceptors (Lipinski definition) is 26. The Bertz CT molecular complexity index is 5090. The Labute approximate surface area is 805 Å². The van der Waals surface area contributed by atoms with Crippen molar-refractivity contribution < 1.29 is 125 Å². The lowest BCUT2D eigenvalue weighted by molar-refractivity contribution is -0.145. The summed E-state index contributed by atoms with van der Waals surface area (Å²) in [6, 6.07) is 71.5. The maximum Gasteiger partial charge on any atom is 0.314 e. The van der Waals surface area contributed by atoms with Crippen molar-refractivity contribution in [3.63, 3.8) is 0 Å². The van der Waals surface area contributed by atoms with Gasteiger partial charge in [0.25, 0.3) is 0 Å². The molecule has 4 N–H and O–H groups in total. The predicted molar refractivity (Wildman–Crippen MR) is 513 cm³/mol. The van der Waals surface area contributed by atoms with E-state index < -0.39 is 0 Å². The van der Waals surface area contributed by atoms with Crippen LogP contribution in [-0.2, 0) is 74.0 Å². The van der Waals surface area contributed by atoms with Gasteiger partial charge in [0.1, 0.15) is 69.0 Å². The molecule has 728 valence electrons. The molecule has 5 aliphatic carbocycles. The maximum atomic E-state index is 12.4. The third-order valence-corrected chi connectivity index (χ3v) is 25.3. The van der Waals surface area contributed by atoms with Gasteiger partial charge in [0.05, 0.1) is 86.6 Å². The highest BCUT2D eigenvalue weighted by Crippen LogP contribution is 2.39. The van der Waals surface area contributed by atoms with Crippen LogP contribution in [0, 0.1) is 86.9 Å². The minimum absolute atomic E-state index is 0.0556. The van der Waals surface area contributed by atoms with Crippen molar-refractivity contribution in [3.8, 4) is 69.0 Å². The summed E-state index contributed by atoms with van der Waals surface area (Å²) in [5, 5.41) is 36.0. The zero-order chi connectivity index (χ0) is 98.2. The fourth-order valence-electron chi connectivity index (χ4n) is 16.8. The molecule has 10 aromatic carbocycles. The summed E-state index contributed by atoms with van der Waals surface area (Å²) in [6.45, 7) is 7.81. The quantitative estimate of drug-likeness (QED) is 0.0261. The van der Waals surface area contributed by atoms with Gasteiger partial charge in [-0.05, 0) is 347 Å². The Morgan fingerprint density at radius 3 is 0.601 bits per heavy atom. The van der Waals surface area contributed by atoms with E-state index in [2.05, 4.69) is 0 Å². The van der Waals surface area contributed by atoms with E-state index in [1.807, 2.05) is 125 Å². The number of ether oxygens (including phenoxy) is 12. The highest BCUT2D eigenvalue weighted by atomic mass is 16.6. The van der Waals surface area contributed by atoms with Crippen LogP contribution in [0.4, 0.5) is 0 Å². The summed E-state index contributed by atoms with van der Waals surface area (Å²) >= 11 is 0. The third-order valence-electron chi connectivity index (χ3n) is 25.3. The van der Waals surface area contributed by atoms with Gasteiger partial charge in [0.15, 0.2) is 0 Å². The summed E-state index contributed by atoms with van der Waals surface area (Å²) in [6.07, 6.45) is 13.5. The molecular formula is C112H124O26. The molecule has 15 rings (SSSR count). The fraction of sp³-hybridized carbons (Fsp3) is 0.375. The molecule has 0 bridgehead atoms. The molecule has 0 radical (unpaired) electrons. The fourth-order valence-corrected chi connectivity index (χ4v) is 16.8. The van der Waals surface area contributed by atoms with Crippen molar-refractivity contribution in [1.82, 2.24) is 0 Å². The number of aliphatic hydroxyl groups is 4. The Morgan fingerprint density at radius 1 is 0.217 bits per heavy atom. The maximum absolute atomic E-state index is 12.4. The smallest absolute Gasteiger partial charge is 0.314 e. The van der Waals surface area contributed by atoms with Crippen LogP contribution in [0.2, 0.25) is 0 Å². The Morgan fingerprint density at radius 2 is 0.406 bits per heavy atom. The second kappa shape index (κ2) is 54.3. The normalized spacial score (nSPS) is 19.1. The first-order valence-corrected chi connectivity index (χ1v) is 47.3.